The van der Waals surface area contributed by atoms with Crippen molar-refractivity contribution in [1.82, 2.24) is 5.32 Å². The van der Waals surface area contributed by atoms with Crippen LogP contribution in [0, 0.1) is 6.92 Å². The molecule has 0 aromatic heterocycles. The summed E-state index contributed by atoms with van der Waals surface area (Å²) in [5.74, 6) is -1.09. The topological polar surface area (TPSA) is 89.3 Å². The number of rotatable bonds is 3. The van der Waals surface area contributed by atoms with E-state index in [0.717, 1.165) is 12.1 Å². The number of nitrogens with one attached hydrogen (secondary N) is 1. The van der Waals surface area contributed by atoms with E-state index in [4.69, 9.17) is 16.7 Å². The first-order valence-corrected chi connectivity index (χ1v) is 7.02. The van der Waals surface area contributed by atoms with E-state index in [0.29, 0.717) is 0 Å². The molecule has 0 unspecified atom stereocenters. The number of amides is 1. The number of carbonyl (C=O) groups is 1. The van der Waals surface area contributed by atoms with Crippen LogP contribution < -0.4 is 10.5 Å². The average Bonchev–Trinajstić information content (AvgIpc) is 2.27. The number of halogens is 4. The van der Waals surface area contributed by atoms with Gasteiger partial charge in [-0.15, -0.1) is 0 Å². The first-order chi connectivity index (χ1) is 8.92. The molecule has 3 N–H and O–H groups in total. The number of alkyl halides is 3. The first-order valence-electron chi connectivity index (χ1n) is 5.10. The molecule has 0 bridgehead atoms. The standard InChI is InChI=1S/C10H10ClF3N2O3S/c1-5-7(9(17)16-4-10(12,13)14)2-6(3-8(5)11)20(15,18)19/h2-3H,4H2,1H3,(H,16,17)(H2,15,18,19). The average molecular weight is 331 g/mol. The fraction of sp³-hybridized carbons (Fsp3) is 0.300. The fourth-order valence-corrected chi connectivity index (χ4v) is 2.18. The van der Waals surface area contributed by atoms with Crippen molar-refractivity contribution < 1.29 is 26.4 Å². The van der Waals surface area contributed by atoms with Gasteiger partial charge in [0.25, 0.3) is 5.91 Å². The molecule has 10 heteroatoms. The van der Waals surface area contributed by atoms with E-state index in [9.17, 15) is 26.4 Å². The Labute approximate surface area is 118 Å². The van der Waals surface area contributed by atoms with Crippen LogP contribution in [0.2, 0.25) is 5.02 Å². The van der Waals surface area contributed by atoms with Crippen molar-refractivity contribution in [3.8, 4) is 0 Å². The lowest BCUT2D eigenvalue weighted by Crippen LogP contribution is -2.34. The summed E-state index contributed by atoms with van der Waals surface area (Å²) in [6, 6.07) is 1.90. The van der Waals surface area contributed by atoms with E-state index in [1.807, 2.05) is 0 Å². The molecule has 0 spiro atoms. The number of benzene rings is 1. The van der Waals surface area contributed by atoms with Crippen LogP contribution in [0.4, 0.5) is 13.2 Å². The smallest absolute Gasteiger partial charge is 0.343 e. The Kier molecular flexibility index (Phi) is 4.67. The van der Waals surface area contributed by atoms with Gasteiger partial charge in [-0.3, -0.25) is 4.79 Å². The highest BCUT2D eigenvalue weighted by Crippen LogP contribution is 2.24. The molecule has 0 atom stereocenters. The van der Waals surface area contributed by atoms with Crippen LogP contribution in [0.5, 0.6) is 0 Å². The number of hydrogen-bond donors (Lipinski definition) is 2. The summed E-state index contributed by atoms with van der Waals surface area (Å²) >= 11 is 5.74. The maximum atomic E-state index is 12.0. The van der Waals surface area contributed by atoms with Gasteiger partial charge in [0.05, 0.1) is 4.90 Å². The van der Waals surface area contributed by atoms with Crippen LogP contribution in [-0.2, 0) is 10.0 Å². The van der Waals surface area contributed by atoms with Crippen molar-refractivity contribution in [3.05, 3.63) is 28.3 Å². The van der Waals surface area contributed by atoms with E-state index < -0.39 is 33.5 Å². The van der Waals surface area contributed by atoms with Gasteiger partial charge in [0.2, 0.25) is 10.0 Å². The predicted octanol–water partition coefficient (Wildman–Crippen LogP) is 1.59. The fourth-order valence-electron chi connectivity index (χ4n) is 1.33. The largest absolute Gasteiger partial charge is 0.405 e. The minimum absolute atomic E-state index is 0.0892. The van der Waals surface area contributed by atoms with Gasteiger partial charge in [0, 0.05) is 10.6 Å². The summed E-state index contributed by atoms with van der Waals surface area (Å²) in [5.41, 5.74) is -0.135. The SMILES string of the molecule is Cc1c(Cl)cc(S(N)(=O)=O)cc1C(=O)NCC(F)(F)F. The molecular weight excluding hydrogens is 321 g/mol. The summed E-state index contributed by atoms with van der Waals surface area (Å²) in [4.78, 5) is 11.2. The summed E-state index contributed by atoms with van der Waals surface area (Å²) < 4.78 is 58.5. The molecule has 1 aromatic rings. The molecule has 5 nitrogen and oxygen atoms in total. The van der Waals surface area contributed by atoms with Gasteiger partial charge in [-0.25, -0.2) is 13.6 Å². The number of nitrogens with two attached hydrogens (primary N) is 1. The Morgan fingerprint density at radius 1 is 1.40 bits per heavy atom. The molecule has 0 saturated heterocycles. The van der Waals surface area contributed by atoms with Crippen molar-refractivity contribution in [2.75, 3.05) is 6.54 Å². The highest BCUT2D eigenvalue weighted by Gasteiger charge is 2.28. The van der Waals surface area contributed by atoms with Crippen LogP contribution in [-0.4, -0.2) is 27.0 Å². The molecule has 1 rings (SSSR count). The van der Waals surface area contributed by atoms with E-state index in [-0.39, 0.29) is 16.1 Å². The molecule has 20 heavy (non-hydrogen) atoms. The van der Waals surface area contributed by atoms with Gasteiger partial charge in [-0.1, -0.05) is 11.6 Å². The van der Waals surface area contributed by atoms with Crippen LogP contribution >= 0.6 is 11.6 Å². The third kappa shape index (κ3) is 4.36. The van der Waals surface area contributed by atoms with E-state index in [1.165, 1.54) is 6.92 Å². The molecule has 0 fully saturated rings. The summed E-state index contributed by atoms with van der Waals surface area (Å²) in [7, 11) is -4.13. The number of carbonyl (C=O) groups excluding carboxylic acids is 1. The molecular formula is C10H10ClF3N2O3S. The van der Waals surface area contributed by atoms with Gasteiger partial charge < -0.3 is 5.32 Å². The third-order valence-corrected chi connectivity index (χ3v) is 3.63. The van der Waals surface area contributed by atoms with Crippen LogP contribution in [0.1, 0.15) is 15.9 Å². The second-order valence-electron chi connectivity index (χ2n) is 3.92. The monoisotopic (exact) mass is 330 g/mol. The highest BCUT2D eigenvalue weighted by atomic mass is 35.5. The van der Waals surface area contributed by atoms with Gasteiger partial charge in [0.1, 0.15) is 6.54 Å². The number of hydrogen-bond acceptors (Lipinski definition) is 3. The quantitative estimate of drug-likeness (QED) is 0.882. The van der Waals surface area contributed by atoms with Gasteiger partial charge in [-0.2, -0.15) is 13.2 Å². The molecule has 0 radical (unpaired) electrons. The Balaban J connectivity index is 3.18. The molecule has 0 heterocycles. The Morgan fingerprint density at radius 3 is 2.40 bits per heavy atom. The van der Waals surface area contributed by atoms with Crippen molar-refractivity contribution in [3.63, 3.8) is 0 Å². The van der Waals surface area contributed by atoms with E-state index in [1.54, 1.807) is 5.32 Å². The minimum atomic E-state index is -4.58. The zero-order valence-electron chi connectivity index (χ0n) is 10.1. The second kappa shape index (κ2) is 5.58. The maximum Gasteiger partial charge on any atom is 0.405 e. The van der Waals surface area contributed by atoms with E-state index >= 15 is 0 Å². The lowest BCUT2D eigenvalue weighted by atomic mass is 10.1. The Bertz CT molecular complexity index is 644. The Morgan fingerprint density at radius 2 is 1.95 bits per heavy atom. The molecule has 0 aliphatic heterocycles. The van der Waals surface area contributed by atoms with Crippen LogP contribution in [0.3, 0.4) is 0 Å². The van der Waals surface area contributed by atoms with Crippen molar-refractivity contribution in [1.29, 1.82) is 0 Å². The van der Waals surface area contributed by atoms with Crippen LogP contribution in [0.25, 0.3) is 0 Å². The maximum absolute atomic E-state index is 12.0. The summed E-state index contributed by atoms with van der Waals surface area (Å²) in [6.45, 7) is -0.166. The van der Waals surface area contributed by atoms with Crippen molar-refractivity contribution in [2.45, 2.75) is 18.0 Å². The van der Waals surface area contributed by atoms with Crippen molar-refractivity contribution in [2.24, 2.45) is 5.14 Å². The molecule has 1 amide bonds. The third-order valence-electron chi connectivity index (χ3n) is 2.34. The molecule has 1 aromatic carbocycles. The number of sulfonamides is 1. The minimum Gasteiger partial charge on any atom is -0.343 e. The van der Waals surface area contributed by atoms with E-state index in [2.05, 4.69) is 0 Å². The highest BCUT2D eigenvalue weighted by molar-refractivity contribution is 7.89. The zero-order chi connectivity index (χ0) is 15.7. The lowest BCUT2D eigenvalue weighted by Gasteiger charge is -2.12. The predicted molar refractivity (Wildman–Crippen MR) is 66.0 cm³/mol. The van der Waals surface area contributed by atoms with Gasteiger partial charge >= 0.3 is 6.18 Å². The zero-order valence-corrected chi connectivity index (χ0v) is 11.7. The molecule has 112 valence electrons. The van der Waals surface area contributed by atoms with Crippen molar-refractivity contribution >= 4 is 27.5 Å². The molecule has 0 saturated carbocycles. The van der Waals surface area contributed by atoms with Gasteiger partial charge in [-0.05, 0) is 24.6 Å². The second-order valence-corrected chi connectivity index (χ2v) is 5.89. The normalized spacial score (nSPS) is 12.3. The molecule has 0 aliphatic rings. The Hall–Kier alpha value is -1.32. The van der Waals surface area contributed by atoms with Gasteiger partial charge in [0.15, 0.2) is 0 Å². The first kappa shape index (κ1) is 16.7. The lowest BCUT2D eigenvalue weighted by molar-refractivity contribution is -0.123. The van der Waals surface area contributed by atoms with Crippen LogP contribution in [0.15, 0.2) is 17.0 Å². The summed E-state index contributed by atoms with van der Waals surface area (Å²) in [5, 5.41) is 6.43. The summed E-state index contributed by atoms with van der Waals surface area (Å²) in [6.07, 6.45) is -4.58. The number of primary sulfonamides is 1. The molecule has 0 aliphatic carbocycles.